The van der Waals surface area contributed by atoms with Crippen molar-refractivity contribution in [3.8, 4) is 0 Å². The van der Waals surface area contributed by atoms with E-state index in [-0.39, 0.29) is 0 Å². The molecule has 0 aromatic heterocycles. The van der Waals surface area contributed by atoms with Gasteiger partial charge in [0.1, 0.15) is 5.70 Å². The molecule has 0 amide bonds. The summed E-state index contributed by atoms with van der Waals surface area (Å²) in [6.07, 6.45) is 6.31. The van der Waals surface area contributed by atoms with Gasteiger partial charge in [-0.05, 0) is 6.08 Å². The van der Waals surface area contributed by atoms with E-state index in [1.54, 1.807) is 0 Å². The van der Waals surface area contributed by atoms with Crippen molar-refractivity contribution in [2.45, 2.75) is 13.8 Å². The zero-order chi connectivity index (χ0) is 5.98. The van der Waals surface area contributed by atoms with Gasteiger partial charge in [0.05, 0.1) is 6.20 Å². The molecule has 1 rings (SSSR count). The first-order chi connectivity index (χ1) is 3.80. The van der Waals surface area contributed by atoms with E-state index in [0.717, 1.165) is 0 Å². The second-order valence-electron chi connectivity index (χ2n) is 2.37. The van der Waals surface area contributed by atoms with Crippen LogP contribution in [0.1, 0.15) is 13.8 Å². The normalized spacial score (nSPS) is 17.6. The molecule has 0 saturated heterocycles. The fourth-order valence-electron chi connectivity index (χ4n) is 0.774. The Morgan fingerprint density at radius 2 is 2.25 bits per heavy atom. The molecule has 0 radical (unpaired) electrons. The van der Waals surface area contributed by atoms with Crippen LogP contribution in [0.25, 0.3) is 0 Å². The van der Waals surface area contributed by atoms with Gasteiger partial charge in [-0.25, -0.2) is 0 Å². The molecule has 1 heteroatoms. The molecule has 0 spiro atoms. The second kappa shape index (κ2) is 2.14. The molecule has 0 atom stereocenters. The Kier molecular flexibility index (Phi) is 1.49. The Hall–Kier alpha value is -0.560. The lowest BCUT2D eigenvalue weighted by atomic mass is 10.1. The van der Waals surface area contributed by atoms with Gasteiger partial charge in [-0.2, -0.15) is 0 Å². The largest absolute Gasteiger partial charge is 0.291 e. The van der Waals surface area contributed by atoms with Gasteiger partial charge in [-0.15, -0.1) is 0 Å². The SMILES string of the molecule is CC(C)C1=CC=C[NH2+]1. The molecule has 2 N–H and O–H groups in total. The minimum Gasteiger partial charge on any atom is -0.291 e. The van der Waals surface area contributed by atoms with Crippen LogP contribution in [0.2, 0.25) is 0 Å². The van der Waals surface area contributed by atoms with Crippen LogP contribution in [0.5, 0.6) is 0 Å². The number of rotatable bonds is 1. The molecule has 0 aromatic rings. The van der Waals surface area contributed by atoms with Crippen molar-refractivity contribution in [1.82, 2.24) is 0 Å². The van der Waals surface area contributed by atoms with Crippen LogP contribution in [-0.2, 0) is 0 Å². The van der Waals surface area contributed by atoms with E-state index >= 15 is 0 Å². The van der Waals surface area contributed by atoms with Crippen molar-refractivity contribution in [3.05, 3.63) is 24.0 Å². The fourth-order valence-corrected chi connectivity index (χ4v) is 0.774. The van der Waals surface area contributed by atoms with Gasteiger partial charge in [0.25, 0.3) is 0 Å². The quantitative estimate of drug-likeness (QED) is 0.509. The summed E-state index contributed by atoms with van der Waals surface area (Å²) >= 11 is 0. The lowest BCUT2D eigenvalue weighted by Gasteiger charge is -1.99. The molecule has 44 valence electrons. The Labute approximate surface area is 50.1 Å². The van der Waals surface area contributed by atoms with E-state index in [2.05, 4.69) is 37.5 Å². The van der Waals surface area contributed by atoms with Crippen LogP contribution >= 0.6 is 0 Å². The summed E-state index contributed by atoms with van der Waals surface area (Å²) in [5.41, 5.74) is 1.44. The maximum absolute atomic E-state index is 2.20. The first-order valence-corrected chi connectivity index (χ1v) is 3.02. The third kappa shape index (κ3) is 0.984. The summed E-state index contributed by atoms with van der Waals surface area (Å²) in [5.74, 6) is 0.685. The van der Waals surface area contributed by atoms with E-state index in [0.29, 0.717) is 5.92 Å². The minimum atomic E-state index is 0.685. The average Bonchev–Trinajstić information content (AvgIpc) is 2.12. The molecule has 1 nitrogen and oxygen atoms in total. The zero-order valence-corrected chi connectivity index (χ0v) is 5.39. The second-order valence-corrected chi connectivity index (χ2v) is 2.37. The topological polar surface area (TPSA) is 16.6 Å². The van der Waals surface area contributed by atoms with Crippen LogP contribution in [0, 0.1) is 5.92 Å². The number of allylic oxidation sites excluding steroid dienone is 3. The highest BCUT2D eigenvalue weighted by atomic mass is 14.9. The summed E-state index contributed by atoms with van der Waals surface area (Å²) in [7, 11) is 0. The summed E-state index contributed by atoms with van der Waals surface area (Å²) in [5, 5.41) is 2.16. The van der Waals surface area contributed by atoms with Crippen LogP contribution in [0.3, 0.4) is 0 Å². The van der Waals surface area contributed by atoms with Gasteiger partial charge in [-0.1, -0.05) is 13.8 Å². The highest BCUT2D eigenvalue weighted by molar-refractivity contribution is 5.10. The number of hydrogen-bond acceptors (Lipinski definition) is 0. The van der Waals surface area contributed by atoms with E-state index in [4.69, 9.17) is 0 Å². The van der Waals surface area contributed by atoms with Crippen LogP contribution in [0.4, 0.5) is 0 Å². The average molecular weight is 110 g/mol. The molecule has 1 heterocycles. The summed E-state index contributed by atoms with van der Waals surface area (Å²) < 4.78 is 0. The van der Waals surface area contributed by atoms with Crippen molar-refractivity contribution >= 4 is 0 Å². The highest BCUT2D eigenvalue weighted by Gasteiger charge is 2.06. The summed E-state index contributed by atoms with van der Waals surface area (Å²) in [4.78, 5) is 0. The summed E-state index contributed by atoms with van der Waals surface area (Å²) in [6, 6.07) is 0. The van der Waals surface area contributed by atoms with Gasteiger partial charge in [-0.3, -0.25) is 5.32 Å². The maximum Gasteiger partial charge on any atom is 0.113 e. The van der Waals surface area contributed by atoms with Crippen LogP contribution in [0.15, 0.2) is 24.0 Å². The Balaban J connectivity index is 2.51. The first kappa shape index (κ1) is 5.57. The Morgan fingerprint density at radius 1 is 1.50 bits per heavy atom. The highest BCUT2D eigenvalue weighted by Crippen LogP contribution is 2.02. The minimum absolute atomic E-state index is 0.685. The third-order valence-corrected chi connectivity index (χ3v) is 1.36. The monoisotopic (exact) mass is 110 g/mol. The molecule has 8 heavy (non-hydrogen) atoms. The van der Waals surface area contributed by atoms with Crippen molar-refractivity contribution in [1.29, 1.82) is 0 Å². The van der Waals surface area contributed by atoms with Crippen LogP contribution < -0.4 is 5.32 Å². The number of nitrogens with two attached hydrogens (primary N) is 1. The number of hydrogen-bond donors (Lipinski definition) is 1. The van der Waals surface area contributed by atoms with Gasteiger partial charge in [0.15, 0.2) is 0 Å². The maximum atomic E-state index is 2.20. The van der Waals surface area contributed by atoms with E-state index in [1.807, 2.05) is 0 Å². The van der Waals surface area contributed by atoms with E-state index in [9.17, 15) is 0 Å². The molecule has 0 unspecified atom stereocenters. The molecule has 0 saturated carbocycles. The van der Waals surface area contributed by atoms with Crippen molar-refractivity contribution in [3.63, 3.8) is 0 Å². The lowest BCUT2D eigenvalue weighted by Crippen LogP contribution is -2.75. The van der Waals surface area contributed by atoms with Crippen LogP contribution in [-0.4, -0.2) is 0 Å². The lowest BCUT2D eigenvalue weighted by molar-refractivity contribution is -0.537. The molecule has 0 fully saturated rings. The predicted molar refractivity (Wildman–Crippen MR) is 34.0 cm³/mol. The molecule has 1 aliphatic heterocycles. The van der Waals surface area contributed by atoms with Gasteiger partial charge in [0.2, 0.25) is 0 Å². The fraction of sp³-hybridized carbons (Fsp3) is 0.429. The summed E-state index contributed by atoms with van der Waals surface area (Å²) in [6.45, 7) is 4.41. The molecule has 0 aromatic carbocycles. The number of quaternary nitrogens is 1. The molecular formula is C7H12N+. The van der Waals surface area contributed by atoms with E-state index < -0.39 is 0 Å². The Bertz CT molecular complexity index is 131. The van der Waals surface area contributed by atoms with Crippen molar-refractivity contribution < 1.29 is 5.32 Å². The van der Waals surface area contributed by atoms with Crippen molar-refractivity contribution in [2.75, 3.05) is 0 Å². The van der Waals surface area contributed by atoms with Gasteiger partial charge in [0, 0.05) is 12.0 Å². The molecule has 0 bridgehead atoms. The Morgan fingerprint density at radius 3 is 2.50 bits per heavy atom. The zero-order valence-electron chi connectivity index (χ0n) is 5.39. The predicted octanol–water partition coefficient (Wildman–Crippen LogP) is 0.617. The molecule has 0 aliphatic carbocycles. The molecule has 1 aliphatic rings. The van der Waals surface area contributed by atoms with Gasteiger partial charge < -0.3 is 0 Å². The van der Waals surface area contributed by atoms with Crippen molar-refractivity contribution in [2.24, 2.45) is 5.92 Å². The third-order valence-electron chi connectivity index (χ3n) is 1.36. The molecular weight excluding hydrogens is 98.1 g/mol. The smallest absolute Gasteiger partial charge is 0.113 e. The standard InChI is InChI=1S/C7H11N/c1-6(2)7-4-3-5-8-7/h3-6,8H,1-2H3/p+1. The first-order valence-electron chi connectivity index (χ1n) is 3.02. The van der Waals surface area contributed by atoms with E-state index in [1.165, 1.54) is 5.70 Å². The van der Waals surface area contributed by atoms with Gasteiger partial charge >= 0.3 is 0 Å².